The average Bonchev–Trinajstić information content (AvgIpc) is 2.76. The third-order valence-electron chi connectivity index (χ3n) is 4.25. The van der Waals surface area contributed by atoms with E-state index in [1.807, 2.05) is 0 Å². The lowest BCUT2D eigenvalue weighted by molar-refractivity contribution is 0.0527. The van der Waals surface area contributed by atoms with E-state index in [2.05, 4.69) is 5.32 Å². The Morgan fingerprint density at radius 3 is 2.72 bits per heavy atom. The first-order chi connectivity index (χ1) is 12.1. The topological polar surface area (TPSA) is 55.4 Å². The van der Waals surface area contributed by atoms with Crippen LogP contribution in [-0.2, 0) is 17.6 Å². The van der Waals surface area contributed by atoms with Crippen LogP contribution in [-0.4, -0.2) is 18.5 Å². The number of hydrogen-bond acceptors (Lipinski definition) is 4. The standard InChI is InChI=1S/C19H20ClNO3S/c1-2-24-19(23)16-13-9-4-3-5-11-15(13)25-18(16)21-17(22)12-8-6-7-10-14(12)20/h6-8,10H,2-5,9,11H2,1H3,(H,21,22). The second-order valence-corrected chi connectivity index (χ2v) is 7.44. The summed E-state index contributed by atoms with van der Waals surface area (Å²) in [6.07, 6.45) is 5.10. The summed E-state index contributed by atoms with van der Waals surface area (Å²) < 4.78 is 5.24. The van der Waals surface area contributed by atoms with Gasteiger partial charge in [-0.25, -0.2) is 4.79 Å². The second kappa shape index (κ2) is 8.02. The number of amides is 1. The highest BCUT2D eigenvalue weighted by atomic mass is 35.5. The molecule has 1 aliphatic rings. The lowest BCUT2D eigenvalue weighted by atomic mass is 10.1. The smallest absolute Gasteiger partial charge is 0.341 e. The molecule has 0 fully saturated rings. The van der Waals surface area contributed by atoms with Crippen LogP contribution in [0.5, 0.6) is 0 Å². The van der Waals surface area contributed by atoms with Crippen molar-refractivity contribution in [3.8, 4) is 0 Å². The number of carbonyl (C=O) groups is 2. The van der Waals surface area contributed by atoms with Gasteiger partial charge in [0.25, 0.3) is 5.91 Å². The minimum Gasteiger partial charge on any atom is -0.462 e. The van der Waals surface area contributed by atoms with E-state index in [9.17, 15) is 9.59 Å². The molecule has 1 N–H and O–H groups in total. The molecule has 1 aromatic heterocycles. The van der Waals surface area contributed by atoms with E-state index in [0.717, 1.165) is 37.7 Å². The van der Waals surface area contributed by atoms with Gasteiger partial charge < -0.3 is 10.1 Å². The van der Waals surface area contributed by atoms with Gasteiger partial charge >= 0.3 is 5.97 Å². The summed E-state index contributed by atoms with van der Waals surface area (Å²) in [6.45, 7) is 2.09. The molecule has 3 rings (SSSR count). The summed E-state index contributed by atoms with van der Waals surface area (Å²) in [4.78, 5) is 26.3. The second-order valence-electron chi connectivity index (χ2n) is 5.92. The highest BCUT2D eigenvalue weighted by molar-refractivity contribution is 7.17. The Kier molecular flexibility index (Phi) is 5.76. The van der Waals surface area contributed by atoms with Crippen molar-refractivity contribution in [2.75, 3.05) is 11.9 Å². The molecule has 0 atom stereocenters. The van der Waals surface area contributed by atoms with Gasteiger partial charge in [0, 0.05) is 4.88 Å². The van der Waals surface area contributed by atoms with Crippen LogP contribution in [0.1, 0.15) is 57.3 Å². The highest BCUT2D eigenvalue weighted by Crippen LogP contribution is 2.38. The minimum absolute atomic E-state index is 0.307. The summed E-state index contributed by atoms with van der Waals surface area (Å²) in [5.41, 5.74) is 1.95. The molecular weight excluding hydrogens is 358 g/mol. The first-order valence-corrected chi connectivity index (χ1v) is 9.68. The monoisotopic (exact) mass is 377 g/mol. The third kappa shape index (κ3) is 3.88. The van der Waals surface area contributed by atoms with Crippen LogP contribution in [0.3, 0.4) is 0 Å². The fourth-order valence-corrected chi connectivity index (χ4v) is 4.56. The van der Waals surface area contributed by atoms with Crippen molar-refractivity contribution in [3.63, 3.8) is 0 Å². The number of aryl methyl sites for hydroxylation is 1. The highest BCUT2D eigenvalue weighted by Gasteiger charge is 2.27. The molecule has 0 unspecified atom stereocenters. The Morgan fingerprint density at radius 2 is 1.96 bits per heavy atom. The molecule has 0 radical (unpaired) electrons. The Hall–Kier alpha value is -1.85. The number of rotatable bonds is 4. The van der Waals surface area contributed by atoms with Gasteiger partial charge in [-0.05, 0) is 50.3 Å². The van der Waals surface area contributed by atoms with Crippen molar-refractivity contribution in [2.24, 2.45) is 0 Å². The number of fused-ring (bicyclic) bond motifs is 1. The lowest BCUT2D eigenvalue weighted by Gasteiger charge is -2.09. The van der Waals surface area contributed by atoms with Gasteiger partial charge in [0.15, 0.2) is 0 Å². The van der Waals surface area contributed by atoms with Gasteiger partial charge in [-0.1, -0.05) is 30.2 Å². The molecule has 0 bridgehead atoms. The van der Waals surface area contributed by atoms with E-state index in [-0.39, 0.29) is 11.9 Å². The Balaban J connectivity index is 1.96. The van der Waals surface area contributed by atoms with Gasteiger partial charge in [-0.3, -0.25) is 4.79 Å². The maximum Gasteiger partial charge on any atom is 0.341 e. The molecule has 1 heterocycles. The van der Waals surface area contributed by atoms with Gasteiger partial charge in [-0.15, -0.1) is 11.3 Å². The van der Waals surface area contributed by atoms with Crippen LogP contribution >= 0.6 is 22.9 Å². The summed E-state index contributed by atoms with van der Waals surface area (Å²) in [7, 11) is 0. The Labute approximate surface area is 156 Å². The molecule has 132 valence electrons. The molecule has 1 aromatic carbocycles. The van der Waals surface area contributed by atoms with E-state index in [1.165, 1.54) is 16.2 Å². The van der Waals surface area contributed by atoms with Gasteiger partial charge in [0.05, 0.1) is 22.8 Å². The minimum atomic E-state index is -0.364. The van der Waals surface area contributed by atoms with Crippen molar-refractivity contribution in [1.82, 2.24) is 0 Å². The molecule has 6 heteroatoms. The zero-order chi connectivity index (χ0) is 17.8. The number of benzene rings is 1. The van der Waals surface area contributed by atoms with E-state index in [4.69, 9.17) is 16.3 Å². The summed E-state index contributed by atoms with van der Waals surface area (Å²) in [6, 6.07) is 6.87. The predicted molar refractivity (Wildman–Crippen MR) is 101 cm³/mol. The van der Waals surface area contributed by atoms with Crippen LogP contribution in [0, 0.1) is 0 Å². The SMILES string of the molecule is CCOC(=O)c1c(NC(=O)c2ccccc2Cl)sc2c1CCCCC2. The third-order valence-corrected chi connectivity index (χ3v) is 5.78. The molecule has 0 saturated heterocycles. The van der Waals surface area contributed by atoms with E-state index in [0.29, 0.717) is 27.8 Å². The molecule has 1 aliphatic carbocycles. The number of nitrogens with one attached hydrogen (secondary N) is 1. The number of esters is 1. The zero-order valence-electron chi connectivity index (χ0n) is 14.1. The number of hydrogen-bond donors (Lipinski definition) is 1. The molecule has 4 nitrogen and oxygen atoms in total. The molecule has 1 amide bonds. The first-order valence-electron chi connectivity index (χ1n) is 8.49. The number of thiophene rings is 1. The quantitative estimate of drug-likeness (QED) is 0.595. The van der Waals surface area contributed by atoms with E-state index in [1.54, 1.807) is 31.2 Å². The van der Waals surface area contributed by atoms with E-state index >= 15 is 0 Å². The first kappa shape index (κ1) is 18.0. The number of halogens is 1. The van der Waals surface area contributed by atoms with Crippen molar-refractivity contribution in [3.05, 3.63) is 50.9 Å². The molecule has 25 heavy (non-hydrogen) atoms. The average molecular weight is 378 g/mol. The molecule has 0 aliphatic heterocycles. The van der Waals surface area contributed by atoms with Crippen molar-refractivity contribution in [1.29, 1.82) is 0 Å². The Morgan fingerprint density at radius 1 is 1.20 bits per heavy atom. The molecule has 0 saturated carbocycles. The summed E-state index contributed by atoms with van der Waals surface area (Å²) >= 11 is 7.59. The largest absolute Gasteiger partial charge is 0.462 e. The van der Waals surface area contributed by atoms with Crippen molar-refractivity contribution < 1.29 is 14.3 Å². The normalized spacial score (nSPS) is 13.7. The predicted octanol–water partition coefficient (Wildman–Crippen LogP) is 5.10. The fraction of sp³-hybridized carbons (Fsp3) is 0.368. The van der Waals surface area contributed by atoms with Crippen LogP contribution in [0.15, 0.2) is 24.3 Å². The summed E-state index contributed by atoms with van der Waals surface area (Å²) in [5.74, 6) is -0.677. The van der Waals surface area contributed by atoms with Crippen LogP contribution in [0.2, 0.25) is 5.02 Å². The number of anilines is 1. The maximum absolute atomic E-state index is 12.6. The van der Waals surface area contributed by atoms with Gasteiger partial charge in [-0.2, -0.15) is 0 Å². The van der Waals surface area contributed by atoms with Gasteiger partial charge in [0.1, 0.15) is 5.00 Å². The molecule has 2 aromatic rings. The molecule has 0 spiro atoms. The Bertz CT molecular complexity index is 800. The maximum atomic E-state index is 12.6. The van der Waals surface area contributed by atoms with Gasteiger partial charge in [0.2, 0.25) is 0 Å². The van der Waals surface area contributed by atoms with Crippen LogP contribution in [0.4, 0.5) is 5.00 Å². The van der Waals surface area contributed by atoms with Crippen molar-refractivity contribution >= 4 is 39.8 Å². The van der Waals surface area contributed by atoms with Crippen molar-refractivity contribution in [2.45, 2.75) is 39.0 Å². The number of carbonyl (C=O) groups excluding carboxylic acids is 2. The lowest BCUT2D eigenvalue weighted by Crippen LogP contribution is -2.15. The number of ether oxygens (including phenoxy) is 1. The molecular formula is C19H20ClNO3S. The van der Waals surface area contributed by atoms with Crippen LogP contribution in [0.25, 0.3) is 0 Å². The van der Waals surface area contributed by atoms with E-state index < -0.39 is 0 Å². The fourth-order valence-electron chi connectivity index (χ4n) is 3.07. The zero-order valence-corrected chi connectivity index (χ0v) is 15.6. The summed E-state index contributed by atoms with van der Waals surface area (Å²) in [5, 5.41) is 3.83. The van der Waals surface area contributed by atoms with Crippen LogP contribution < -0.4 is 5.32 Å².